The van der Waals surface area contributed by atoms with Gasteiger partial charge in [-0.2, -0.15) is 16.8 Å². The van der Waals surface area contributed by atoms with E-state index in [0.717, 1.165) is 46.1 Å². The Hall–Kier alpha value is -8.05. The summed E-state index contributed by atoms with van der Waals surface area (Å²) in [5.41, 5.74) is 15.1. The predicted octanol–water partition coefficient (Wildman–Crippen LogP) is 4.51. The van der Waals surface area contributed by atoms with Gasteiger partial charge in [0.25, 0.3) is 26.1 Å². The number of phenolic OH excluding ortho intramolecular Hbond substituents is 1. The molecule has 0 bridgehead atoms. The molecule has 0 aromatic heterocycles. The fourth-order valence-corrected chi connectivity index (χ4v) is 11.9. The number of aliphatic hydroxyl groups is 1. The summed E-state index contributed by atoms with van der Waals surface area (Å²) in [7, 11) is -8.04. The molecular formula is C66H89N9O16S2. The Morgan fingerprint density at radius 3 is 1.90 bits per heavy atom. The predicted molar refractivity (Wildman–Crippen MR) is 349 cm³/mol. The first kappa shape index (κ1) is 74.0. The Labute approximate surface area is 543 Å². The van der Waals surface area contributed by atoms with Gasteiger partial charge in [-0.1, -0.05) is 92.3 Å². The Bertz CT molecular complexity index is 3510. The number of phenols is 1. The number of unbranched alkanes of at least 4 members (excludes halogenated alkanes) is 4. The van der Waals surface area contributed by atoms with Crippen LogP contribution in [-0.4, -0.2) is 168 Å². The Morgan fingerprint density at radius 2 is 1.29 bits per heavy atom. The SMILES string of the molecule is CCCCCCCOc1ccc2cc(C(=O)N[C@H]3CCCNC(=O)[C@@H]4C[C@H](N)CN4C(=O)[C@H](CCCN)NC(=O)[C@H](CCc4ccc(O)cc4)NC(=O)[C@@H]4CCCN4C(=O)[C@H]([C@@H](C)O)NC3=O)ccc2c1.Cc1ccc(S(=O)(=O)O)cc1.Cc1ccc(S(=O)(=O)O)cc1. The number of aryl methyl sites for hydroxylation is 3. The summed E-state index contributed by atoms with van der Waals surface area (Å²) in [6.45, 7) is 8.19. The fourth-order valence-electron chi connectivity index (χ4n) is 11.0. The molecule has 8 rings (SSSR count). The number of nitrogens with two attached hydrogens (primary N) is 2. The molecule has 27 heteroatoms. The highest BCUT2D eigenvalue weighted by atomic mass is 32.2. The van der Waals surface area contributed by atoms with Crippen LogP contribution in [0.3, 0.4) is 0 Å². The van der Waals surface area contributed by atoms with E-state index in [9.17, 15) is 60.6 Å². The van der Waals surface area contributed by atoms with Gasteiger partial charge in [0.05, 0.1) is 22.5 Å². The van der Waals surface area contributed by atoms with Gasteiger partial charge in [0.15, 0.2) is 0 Å². The standard InChI is InChI=1S/C52H73N9O10.2C7H8O3S/c1-3-4-5-6-7-27-71-39-22-19-34-28-36(18-17-35(34)29-39)46(64)56-40-12-9-25-55-49(67)44-30-37(54)31-61(44)51(69)42(11-8-24-53)58-47(65)41(23-16-33-14-20-38(63)21-15-33)57-50(68)43-13-10-26-60(43)52(70)45(32(2)62)59-48(40)66;2*1-6-2-4-7(5-3-6)11(8,9)10/h14-15,17-22,28-29,32,37,40-45,62-63H,3-13,16,23-27,30-31,53-54H2,1-2H3,(H,55,67)(H,56,64)(H,57,68)(H,58,65)(H,59,66);2*2-5H,1H3,(H,8,9,10)/t32-,37+,40+,41+,42+,43+,44+,45+;;/m1../s1. The second-order valence-electron chi connectivity index (χ2n) is 23.7. The van der Waals surface area contributed by atoms with Crippen molar-refractivity contribution >= 4 is 72.4 Å². The molecule has 506 valence electrons. The summed E-state index contributed by atoms with van der Waals surface area (Å²) < 4.78 is 65.1. The molecule has 25 nitrogen and oxygen atoms in total. The summed E-state index contributed by atoms with van der Waals surface area (Å²) in [6, 6.07) is 21.4. The molecule has 8 atom stereocenters. The van der Waals surface area contributed by atoms with E-state index in [1.165, 1.54) is 72.4 Å². The minimum atomic E-state index is -4.02. The number of rotatable bonds is 18. The molecule has 0 unspecified atom stereocenters. The largest absolute Gasteiger partial charge is 0.508 e. The van der Waals surface area contributed by atoms with Crippen LogP contribution in [0.1, 0.15) is 124 Å². The Kier molecular flexibility index (Phi) is 28.1. The number of carbonyl (C=O) groups excluding carboxylic acids is 7. The summed E-state index contributed by atoms with van der Waals surface area (Å²) in [5, 5.41) is 36.5. The third-order valence-electron chi connectivity index (χ3n) is 16.2. The van der Waals surface area contributed by atoms with Crippen molar-refractivity contribution in [1.82, 2.24) is 36.4 Å². The van der Waals surface area contributed by atoms with Gasteiger partial charge in [0.1, 0.15) is 47.8 Å². The Balaban J connectivity index is 0.000000521. The molecular weight excluding hydrogens is 1240 g/mol. The van der Waals surface area contributed by atoms with Crippen molar-refractivity contribution in [3.63, 3.8) is 0 Å². The van der Waals surface area contributed by atoms with Crippen molar-refractivity contribution in [3.8, 4) is 11.5 Å². The molecule has 3 fully saturated rings. The molecule has 93 heavy (non-hydrogen) atoms. The summed E-state index contributed by atoms with van der Waals surface area (Å²) in [6.07, 6.45) is 5.92. The number of benzene rings is 5. The molecule has 3 aliphatic rings. The van der Waals surface area contributed by atoms with Crippen molar-refractivity contribution in [2.75, 3.05) is 32.8 Å². The monoisotopic (exact) mass is 1330 g/mol. The van der Waals surface area contributed by atoms with Crippen molar-refractivity contribution in [2.24, 2.45) is 11.5 Å². The summed E-state index contributed by atoms with van der Waals surface area (Å²) in [4.78, 5) is 102. The molecule has 5 aromatic rings. The summed E-state index contributed by atoms with van der Waals surface area (Å²) in [5.74, 6) is -3.69. The normalized spacial score (nSPS) is 21.4. The van der Waals surface area contributed by atoms with E-state index in [1.54, 1.807) is 54.6 Å². The van der Waals surface area contributed by atoms with E-state index < -0.39 is 110 Å². The van der Waals surface area contributed by atoms with Gasteiger partial charge in [-0.15, -0.1) is 0 Å². The lowest BCUT2D eigenvalue weighted by molar-refractivity contribution is -0.144. The number of hydrogen-bond donors (Lipinski definition) is 11. The van der Waals surface area contributed by atoms with Crippen LogP contribution in [0.4, 0.5) is 0 Å². The van der Waals surface area contributed by atoms with Gasteiger partial charge in [-0.3, -0.25) is 42.7 Å². The molecule has 3 aliphatic heterocycles. The van der Waals surface area contributed by atoms with Crippen molar-refractivity contribution in [2.45, 2.75) is 176 Å². The first-order valence-electron chi connectivity index (χ1n) is 31.4. The lowest BCUT2D eigenvalue weighted by Crippen LogP contribution is -2.61. The Morgan fingerprint density at radius 1 is 0.677 bits per heavy atom. The maximum absolute atomic E-state index is 14.4. The molecule has 3 saturated heterocycles. The van der Waals surface area contributed by atoms with Gasteiger partial charge in [0.2, 0.25) is 35.4 Å². The number of hydrogen-bond acceptors (Lipinski definition) is 16. The van der Waals surface area contributed by atoms with Gasteiger partial charge < -0.3 is 62.8 Å². The highest BCUT2D eigenvalue weighted by molar-refractivity contribution is 7.86. The van der Waals surface area contributed by atoms with Crippen LogP contribution in [0.5, 0.6) is 11.5 Å². The van der Waals surface area contributed by atoms with Crippen LogP contribution in [0.2, 0.25) is 0 Å². The van der Waals surface area contributed by atoms with Crippen molar-refractivity contribution in [3.05, 3.63) is 131 Å². The number of ether oxygens (including phenoxy) is 1. The van der Waals surface area contributed by atoms with E-state index in [4.69, 9.17) is 25.3 Å². The van der Waals surface area contributed by atoms with Crippen LogP contribution in [0.25, 0.3) is 10.8 Å². The minimum Gasteiger partial charge on any atom is -0.508 e. The van der Waals surface area contributed by atoms with E-state index >= 15 is 0 Å². The van der Waals surface area contributed by atoms with Gasteiger partial charge in [-0.05, 0) is 169 Å². The number of fused-ring (bicyclic) bond motifs is 3. The highest BCUT2D eigenvalue weighted by Crippen LogP contribution is 2.26. The van der Waals surface area contributed by atoms with Crippen molar-refractivity contribution in [1.29, 1.82) is 0 Å². The molecule has 0 saturated carbocycles. The third-order valence-corrected chi connectivity index (χ3v) is 18.0. The zero-order valence-electron chi connectivity index (χ0n) is 53.0. The number of aliphatic hydroxyl groups excluding tert-OH is 1. The van der Waals surface area contributed by atoms with Crippen LogP contribution in [0, 0.1) is 13.8 Å². The zero-order valence-corrected chi connectivity index (χ0v) is 54.6. The van der Waals surface area contributed by atoms with E-state index in [0.29, 0.717) is 19.4 Å². The number of aromatic hydroxyl groups is 1. The zero-order chi connectivity index (χ0) is 68.0. The van der Waals surface area contributed by atoms with E-state index in [2.05, 4.69) is 33.5 Å². The number of amides is 7. The molecule has 13 N–H and O–H groups in total. The minimum absolute atomic E-state index is 0.00834. The highest BCUT2D eigenvalue weighted by Gasteiger charge is 2.43. The average Bonchev–Trinajstić information content (AvgIpc) is 1.84. The maximum Gasteiger partial charge on any atom is 0.294 e. The molecule has 0 radical (unpaired) electrons. The van der Waals surface area contributed by atoms with Crippen LogP contribution >= 0.6 is 0 Å². The lowest BCUT2D eigenvalue weighted by Gasteiger charge is -2.32. The smallest absolute Gasteiger partial charge is 0.294 e. The molecule has 5 aromatic carbocycles. The van der Waals surface area contributed by atoms with Gasteiger partial charge >= 0.3 is 0 Å². The van der Waals surface area contributed by atoms with Crippen LogP contribution < -0.4 is 42.8 Å². The molecule has 0 spiro atoms. The molecule has 3 heterocycles. The second-order valence-corrected chi connectivity index (χ2v) is 26.5. The van der Waals surface area contributed by atoms with Crippen molar-refractivity contribution < 1.29 is 74.5 Å². The van der Waals surface area contributed by atoms with E-state index in [-0.39, 0.29) is 92.2 Å². The third kappa shape index (κ3) is 22.6. The lowest BCUT2D eigenvalue weighted by atomic mass is 10.0. The second kappa shape index (κ2) is 35.3. The molecule has 7 amide bonds. The molecule has 0 aliphatic carbocycles. The number of carbonyl (C=O) groups is 7. The van der Waals surface area contributed by atoms with Gasteiger partial charge in [-0.25, -0.2) is 0 Å². The quantitative estimate of drug-likeness (QED) is 0.0424. The maximum atomic E-state index is 14.4. The first-order chi connectivity index (χ1) is 44.2. The first-order valence-corrected chi connectivity index (χ1v) is 34.3. The fraction of sp³-hybridized carbons (Fsp3) is 0.470. The van der Waals surface area contributed by atoms with Crippen LogP contribution in [0.15, 0.2) is 119 Å². The summed E-state index contributed by atoms with van der Waals surface area (Å²) >= 11 is 0. The average molecular weight is 1330 g/mol. The topological polar surface area (TPSA) is 397 Å². The number of nitrogens with zero attached hydrogens (tertiary/aromatic N) is 2. The van der Waals surface area contributed by atoms with Crippen LogP contribution in [-0.2, 0) is 55.4 Å². The number of nitrogens with one attached hydrogen (secondary N) is 5. The van der Waals surface area contributed by atoms with Gasteiger partial charge in [0, 0.05) is 31.2 Å². The van der Waals surface area contributed by atoms with E-state index in [1.807, 2.05) is 32.0 Å².